The summed E-state index contributed by atoms with van der Waals surface area (Å²) in [5.74, 6) is 0. The molecule has 0 atom stereocenters. The van der Waals surface area contributed by atoms with Crippen LogP contribution in [0.2, 0.25) is 0 Å². The van der Waals surface area contributed by atoms with Crippen LogP contribution in [0.25, 0.3) is 0 Å². The van der Waals surface area contributed by atoms with Crippen molar-refractivity contribution in [3.8, 4) is 0 Å². The molecule has 0 amide bonds. The van der Waals surface area contributed by atoms with Crippen molar-refractivity contribution >= 4 is 37.7 Å². The number of anilines is 2. The van der Waals surface area contributed by atoms with E-state index in [2.05, 4.69) is 9.44 Å². The van der Waals surface area contributed by atoms with Gasteiger partial charge in [-0.1, -0.05) is 41.5 Å². The van der Waals surface area contributed by atoms with Gasteiger partial charge in [0.15, 0.2) is 6.29 Å². The minimum absolute atomic E-state index is 0.0237. The third-order valence-electron chi connectivity index (χ3n) is 4.38. The average molecular weight is 445 g/mol. The second kappa shape index (κ2) is 8.29. The number of aldehydes is 1. The first-order valence-corrected chi connectivity index (χ1v) is 11.9. The number of aryl methyl sites for hydroxylation is 2. The molecule has 0 saturated carbocycles. The van der Waals surface area contributed by atoms with Crippen molar-refractivity contribution in [2.75, 3.05) is 9.44 Å². The Morgan fingerprint density at radius 2 is 1.00 bits per heavy atom. The van der Waals surface area contributed by atoms with E-state index in [-0.39, 0.29) is 26.7 Å². The van der Waals surface area contributed by atoms with E-state index in [1.807, 2.05) is 13.8 Å². The monoisotopic (exact) mass is 444 g/mol. The zero-order valence-electron chi connectivity index (χ0n) is 16.3. The number of nitrogens with one attached hydrogen (secondary N) is 2. The molecule has 0 aliphatic heterocycles. The molecule has 0 spiro atoms. The van der Waals surface area contributed by atoms with Gasteiger partial charge in [0.05, 0.1) is 26.7 Å². The summed E-state index contributed by atoms with van der Waals surface area (Å²) in [6.45, 7) is 3.66. The van der Waals surface area contributed by atoms with Gasteiger partial charge >= 0.3 is 0 Å². The van der Waals surface area contributed by atoms with Crippen LogP contribution in [0, 0.1) is 13.8 Å². The molecule has 0 aliphatic carbocycles. The lowest BCUT2D eigenvalue weighted by molar-refractivity contribution is 0.112. The second-order valence-corrected chi connectivity index (χ2v) is 10.1. The number of rotatable bonds is 7. The van der Waals surface area contributed by atoms with Crippen molar-refractivity contribution in [2.45, 2.75) is 23.6 Å². The Balaban J connectivity index is 1.95. The molecule has 0 fully saturated rings. The maximum atomic E-state index is 12.7. The number of sulfonamides is 2. The molecule has 3 rings (SSSR count). The Morgan fingerprint density at radius 1 is 0.633 bits per heavy atom. The first kappa shape index (κ1) is 21.5. The number of benzene rings is 3. The fourth-order valence-electron chi connectivity index (χ4n) is 2.71. The molecule has 30 heavy (non-hydrogen) atoms. The van der Waals surface area contributed by atoms with Crippen LogP contribution >= 0.6 is 0 Å². The fraction of sp³-hybridized carbons (Fsp3) is 0.0952. The third kappa shape index (κ3) is 4.69. The molecule has 0 unspecified atom stereocenters. The molecule has 3 aromatic rings. The molecule has 0 heterocycles. The minimum atomic E-state index is -3.97. The average Bonchev–Trinajstić information content (AvgIpc) is 2.68. The molecule has 9 heteroatoms. The molecule has 7 nitrogen and oxygen atoms in total. The van der Waals surface area contributed by atoms with Gasteiger partial charge in [0.2, 0.25) is 0 Å². The van der Waals surface area contributed by atoms with Crippen LogP contribution in [0.15, 0.2) is 76.5 Å². The van der Waals surface area contributed by atoms with Crippen LogP contribution in [0.3, 0.4) is 0 Å². The van der Waals surface area contributed by atoms with Crippen LogP contribution < -0.4 is 9.44 Å². The van der Waals surface area contributed by atoms with Crippen molar-refractivity contribution in [2.24, 2.45) is 0 Å². The highest BCUT2D eigenvalue weighted by Gasteiger charge is 2.20. The van der Waals surface area contributed by atoms with E-state index >= 15 is 0 Å². The summed E-state index contributed by atoms with van der Waals surface area (Å²) in [7, 11) is -7.93. The van der Waals surface area contributed by atoms with Crippen LogP contribution in [0.5, 0.6) is 0 Å². The standard InChI is InChI=1S/C21H20N2O5S2/c1-15-6-10-17(11-7-15)29(25,26)22-20-4-3-5-21(19(20)14-24)23-30(27,28)18-12-8-16(2)9-13-18/h3-14,22-23H,1-2H3. The van der Waals surface area contributed by atoms with Gasteiger partial charge in [0, 0.05) is 0 Å². The largest absolute Gasteiger partial charge is 0.298 e. The van der Waals surface area contributed by atoms with E-state index in [4.69, 9.17) is 0 Å². The molecule has 2 N–H and O–H groups in total. The summed E-state index contributed by atoms with van der Waals surface area (Å²) >= 11 is 0. The van der Waals surface area contributed by atoms with E-state index in [0.29, 0.717) is 6.29 Å². The third-order valence-corrected chi connectivity index (χ3v) is 7.14. The van der Waals surface area contributed by atoms with Gasteiger partial charge in [-0.3, -0.25) is 14.2 Å². The first-order valence-electron chi connectivity index (χ1n) is 8.89. The Hall–Kier alpha value is -3.17. The van der Waals surface area contributed by atoms with Crippen molar-refractivity contribution in [1.82, 2.24) is 0 Å². The maximum absolute atomic E-state index is 12.7. The second-order valence-electron chi connectivity index (χ2n) is 6.72. The zero-order valence-corrected chi connectivity index (χ0v) is 17.9. The Morgan fingerprint density at radius 3 is 1.33 bits per heavy atom. The number of carbonyl (C=O) groups excluding carboxylic acids is 1. The summed E-state index contributed by atoms with van der Waals surface area (Å²) in [6.07, 6.45) is 0.403. The van der Waals surface area contributed by atoms with Crippen molar-refractivity contribution in [1.29, 1.82) is 0 Å². The minimum Gasteiger partial charge on any atom is -0.298 e. The predicted octanol–water partition coefficient (Wildman–Crippen LogP) is 3.72. The van der Waals surface area contributed by atoms with E-state index in [0.717, 1.165) is 11.1 Å². The lowest BCUT2D eigenvalue weighted by atomic mass is 10.1. The molecule has 3 aromatic carbocycles. The van der Waals surface area contributed by atoms with E-state index in [9.17, 15) is 21.6 Å². The summed E-state index contributed by atoms with van der Waals surface area (Å²) < 4.78 is 55.4. The topological polar surface area (TPSA) is 109 Å². The number of carbonyl (C=O) groups is 1. The Bertz CT molecular complexity index is 1190. The Labute approximate surface area is 175 Å². The van der Waals surface area contributed by atoms with Gasteiger partial charge in [0.25, 0.3) is 20.0 Å². The zero-order chi connectivity index (χ0) is 21.9. The lowest BCUT2D eigenvalue weighted by Gasteiger charge is -2.15. The van der Waals surface area contributed by atoms with Gasteiger partial charge < -0.3 is 0 Å². The van der Waals surface area contributed by atoms with Crippen LogP contribution in [-0.4, -0.2) is 23.1 Å². The molecular formula is C21H20N2O5S2. The molecule has 0 bridgehead atoms. The summed E-state index contributed by atoms with van der Waals surface area (Å²) in [5, 5.41) is 0. The highest BCUT2D eigenvalue weighted by molar-refractivity contribution is 7.93. The van der Waals surface area contributed by atoms with Gasteiger partial charge in [-0.15, -0.1) is 0 Å². The van der Waals surface area contributed by atoms with Crippen molar-refractivity contribution < 1.29 is 21.6 Å². The maximum Gasteiger partial charge on any atom is 0.261 e. The number of hydrogen-bond acceptors (Lipinski definition) is 5. The summed E-state index contributed by atoms with van der Waals surface area (Å²) in [5.41, 5.74) is 1.61. The van der Waals surface area contributed by atoms with E-state index in [1.165, 1.54) is 42.5 Å². The highest BCUT2D eigenvalue weighted by Crippen LogP contribution is 2.27. The van der Waals surface area contributed by atoms with Crippen molar-refractivity contribution in [3.63, 3.8) is 0 Å². The predicted molar refractivity (Wildman–Crippen MR) is 116 cm³/mol. The quantitative estimate of drug-likeness (QED) is 0.540. The highest BCUT2D eigenvalue weighted by atomic mass is 32.2. The first-order chi connectivity index (χ1) is 14.1. The van der Waals surface area contributed by atoms with Gasteiger partial charge in [0.1, 0.15) is 0 Å². The molecule has 0 radical (unpaired) electrons. The summed E-state index contributed by atoms with van der Waals surface area (Å²) in [4.78, 5) is 11.8. The normalized spacial score (nSPS) is 11.7. The molecule has 0 aliphatic rings. The lowest BCUT2D eigenvalue weighted by Crippen LogP contribution is -2.17. The summed E-state index contributed by atoms with van der Waals surface area (Å²) in [6, 6.07) is 16.6. The van der Waals surface area contributed by atoms with Crippen molar-refractivity contribution in [3.05, 3.63) is 83.4 Å². The smallest absolute Gasteiger partial charge is 0.261 e. The fourth-order valence-corrected chi connectivity index (χ4v) is 4.87. The Kier molecular flexibility index (Phi) is 5.95. The van der Waals surface area contributed by atoms with Crippen LogP contribution in [0.4, 0.5) is 11.4 Å². The van der Waals surface area contributed by atoms with E-state index in [1.54, 1.807) is 24.3 Å². The molecule has 0 aromatic heterocycles. The molecule has 156 valence electrons. The SMILES string of the molecule is Cc1ccc(S(=O)(=O)Nc2cccc(NS(=O)(=O)c3ccc(C)cc3)c2C=O)cc1. The van der Waals surface area contributed by atoms with E-state index < -0.39 is 20.0 Å². The molecular weight excluding hydrogens is 424 g/mol. The van der Waals surface area contributed by atoms with Gasteiger partial charge in [-0.2, -0.15) is 0 Å². The number of hydrogen-bond donors (Lipinski definition) is 2. The molecule has 0 saturated heterocycles. The van der Waals surface area contributed by atoms with Gasteiger partial charge in [-0.25, -0.2) is 16.8 Å². The van der Waals surface area contributed by atoms with Gasteiger partial charge in [-0.05, 0) is 50.2 Å². The van der Waals surface area contributed by atoms with Crippen LogP contribution in [0.1, 0.15) is 21.5 Å². The van der Waals surface area contributed by atoms with Crippen LogP contribution in [-0.2, 0) is 20.0 Å².